The Bertz CT molecular complexity index is 901. The summed E-state index contributed by atoms with van der Waals surface area (Å²) in [6.45, 7) is -1.39. The number of rotatable bonds is 9. The summed E-state index contributed by atoms with van der Waals surface area (Å²) in [6, 6.07) is 7.13. The van der Waals surface area contributed by atoms with E-state index in [1.54, 1.807) is 6.92 Å². The molecule has 1 N–H and O–H groups in total. The van der Waals surface area contributed by atoms with E-state index in [0.29, 0.717) is 4.47 Å². The first-order valence-corrected chi connectivity index (χ1v) is 9.48. The lowest BCUT2D eigenvalue weighted by molar-refractivity contribution is -0.384. The summed E-state index contributed by atoms with van der Waals surface area (Å²) < 4.78 is 35.7. The molecule has 0 fully saturated rings. The second-order valence-corrected chi connectivity index (χ2v) is 7.04. The molecule has 0 radical (unpaired) electrons. The Morgan fingerprint density at radius 1 is 1.31 bits per heavy atom. The number of carbonyl (C=O) groups is 1. The van der Waals surface area contributed by atoms with Crippen molar-refractivity contribution in [3.05, 3.63) is 61.6 Å². The van der Waals surface area contributed by atoms with Gasteiger partial charge in [-0.3, -0.25) is 14.9 Å². The van der Waals surface area contributed by atoms with Crippen molar-refractivity contribution in [1.82, 2.24) is 0 Å². The van der Waals surface area contributed by atoms with Gasteiger partial charge in [0.25, 0.3) is 5.69 Å². The van der Waals surface area contributed by atoms with Crippen molar-refractivity contribution >= 4 is 44.9 Å². The molecule has 0 bridgehead atoms. The molecule has 0 spiro atoms. The zero-order chi connectivity index (χ0) is 21.6. The first-order valence-electron chi connectivity index (χ1n) is 8.31. The van der Waals surface area contributed by atoms with Crippen LogP contribution in [0.3, 0.4) is 0 Å². The predicted octanol–water partition coefficient (Wildman–Crippen LogP) is 5.72. The van der Waals surface area contributed by atoms with Crippen molar-refractivity contribution in [3.63, 3.8) is 0 Å². The Morgan fingerprint density at radius 2 is 2.03 bits per heavy atom. The SMILES string of the molecule is CCOC(=O)CC(Nc1cc(Br)ccc1[N+](=O)[O-])c1cc(Cl)ccc1OC(F)F. The molecule has 0 saturated heterocycles. The highest BCUT2D eigenvalue weighted by Crippen LogP contribution is 2.37. The van der Waals surface area contributed by atoms with Gasteiger partial charge >= 0.3 is 12.6 Å². The average Bonchev–Trinajstić information content (AvgIpc) is 2.62. The van der Waals surface area contributed by atoms with Crippen molar-refractivity contribution < 1.29 is 28.0 Å². The fourth-order valence-electron chi connectivity index (χ4n) is 2.59. The summed E-state index contributed by atoms with van der Waals surface area (Å²) in [7, 11) is 0. The Hall–Kier alpha value is -2.46. The van der Waals surface area contributed by atoms with Gasteiger partial charge in [-0.2, -0.15) is 8.78 Å². The van der Waals surface area contributed by atoms with Crippen molar-refractivity contribution in [2.45, 2.75) is 26.0 Å². The Labute approximate surface area is 178 Å². The standard InChI is InChI=1S/C18H16BrClF2N2O5/c1-2-28-17(25)9-13(12-8-11(20)4-6-16(12)29-18(21)22)23-14-7-10(19)3-5-15(14)24(26)27/h3-8,13,18,23H,2,9H2,1H3. The number of nitro groups is 1. The molecular formula is C18H16BrClF2N2O5. The molecule has 1 unspecified atom stereocenters. The zero-order valence-corrected chi connectivity index (χ0v) is 17.4. The summed E-state index contributed by atoms with van der Waals surface area (Å²) >= 11 is 9.23. The van der Waals surface area contributed by atoms with Gasteiger partial charge in [0.2, 0.25) is 0 Å². The smallest absolute Gasteiger partial charge is 0.387 e. The van der Waals surface area contributed by atoms with Crippen LogP contribution in [0.1, 0.15) is 24.9 Å². The molecule has 0 heterocycles. The lowest BCUT2D eigenvalue weighted by Crippen LogP contribution is -2.19. The summed E-state index contributed by atoms with van der Waals surface area (Å²) in [5.41, 5.74) is -0.0674. The van der Waals surface area contributed by atoms with Crippen LogP contribution in [0.15, 0.2) is 40.9 Å². The number of carbonyl (C=O) groups excluding carboxylic acids is 1. The van der Waals surface area contributed by atoms with E-state index in [0.717, 1.165) is 0 Å². The number of anilines is 1. The molecule has 2 aromatic rings. The summed E-state index contributed by atoms with van der Waals surface area (Å²) in [4.78, 5) is 22.8. The van der Waals surface area contributed by atoms with Gasteiger partial charge in [-0.15, -0.1) is 0 Å². The number of halogens is 4. The van der Waals surface area contributed by atoms with Crippen LogP contribution in [-0.2, 0) is 9.53 Å². The molecule has 0 aliphatic carbocycles. The lowest BCUT2D eigenvalue weighted by Gasteiger charge is -2.22. The zero-order valence-electron chi connectivity index (χ0n) is 15.0. The van der Waals surface area contributed by atoms with Gasteiger partial charge in [0.1, 0.15) is 11.4 Å². The molecule has 29 heavy (non-hydrogen) atoms. The average molecular weight is 494 g/mol. The van der Waals surface area contributed by atoms with Crippen molar-refractivity contribution in [2.24, 2.45) is 0 Å². The Balaban J connectivity index is 2.52. The fraction of sp³-hybridized carbons (Fsp3) is 0.278. The maximum Gasteiger partial charge on any atom is 0.387 e. The molecule has 0 saturated carbocycles. The maximum absolute atomic E-state index is 12.8. The van der Waals surface area contributed by atoms with Gasteiger partial charge in [0.05, 0.1) is 24.0 Å². The van der Waals surface area contributed by atoms with Crippen molar-refractivity contribution in [3.8, 4) is 5.75 Å². The van der Waals surface area contributed by atoms with Crippen LogP contribution in [-0.4, -0.2) is 24.1 Å². The highest BCUT2D eigenvalue weighted by molar-refractivity contribution is 9.10. The molecule has 2 aromatic carbocycles. The molecule has 156 valence electrons. The number of hydrogen-bond donors (Lipinski definition) is 1. The van der Waals surface area contributed by atoms with E-state index in [2.05, 4.69) is 26.0 Å². The third-order valence-corrected chi connectivity index (χ3v) is 4.45. The number of nitro benzene ring substituents is 1. The number of nitrogens with one attached hydrogen (secondary N) is 1. The second kappa shape index (κ2) is 10.4. The van der Waals surface area contributed by atoms with Crippen LogP contribution in [0.4, 0.5) is 20.2 Å². The largest absolute Gasteiger partial charge is 0.466 e. The minimum Gasteiger partial charge on any atom is -0.466 e. The highest BCUT2D eigenvalue weighted by Gasteiger charge is 2.25. The molecule has 0 aliphatic heterocycles. The normalized spacial score (nSPS) is 11.8. The molecular weight excluding hydrogens is 478 g/mol. The monoisotopic (exact) mass is 492 g/mol. The van der Waals surface area contributed by atoms with Gasteiger partial charge in [-0.1, -0.05) is 27.5 Å². The third-order valence-electron chi connectivity index (χ3n) is 3.72. The summed E-state index contributed by atoms with van der Waals surface area (Å²) in [6.07, 6.45) is -0.308. The minimum atomic E-state index is -3.11. The topological polar surface area (TPSA) is 90.7 Å². The molecule has 7 nitrogen and oxygen atoms in total. The van der Waals surface area contributed by atoms with Gasteiger partial charge in [-0.25, -0.2) is 0 Å². The summed E-state index contributed by atoms with van der Waals surface area (Å²) in [5.74, 6) is -0.852. The Morgan fingerprint density at radius 3 is 2.66 bits per heavy atom. The van der Waals surface area contributed by atoms with Gasteiger partial charge in [-0.05, 0) is 37.3 Å². The van der Waals surface area contributed by atoms with E-state index < -0.39 is 23.5 Å². The van der Waals surface area contributed by atoms with Gasteiger partial charge in [0, 0.05) is 21.1 Å². The molecule has 1 atom stereocenters. The number of alkyl halides is 2. The Kier molecular flexibility index (Phi) is 8.15. The fourth-order valence-corrected chi connectivity index (χ4v) is 3.13. The second-order valence-electron chi connectivity index (χ2n) is 5.69. The van der Waals surface area contributed by atoms with Crippen LogP contribution in [0.25, 0.3) is 0 Å². The van der Waals surface area contributed by atoms with Crippen LogP contribution in [0.5, 0.6) is 5.75 Å². The highest BCUT2D eigenvalue weighted by atomic mass is 79.9. The quantitative estimate of drug-likeness (QED) is 0.273. The molecule has 0 aliphatic rings. The maximum atomic E-state index is 12.8. The van der Waals surface area contributed by atoms with Crippen molar-refractivity contribution in [1.29, 1.82) is 0 Å². The number of hydrogen-bond acceptors (Lipinski definition) is 6. The summed E-state index contributed by atoms with van der Waals surface area (Å²) in [5, 5.41) is 14.4. The van der Waals surface area contributed by atoms with Crippen LogP contribution >= 0.6 is 27.5 Å². The minimum absolute atomic E-state index is 0.0710. The van der Waals surface area contributed by atoms with E-state index in [-0.39, 0.29) is 40.7 Å². The van der Waals surface area contributed by atoms with Crippen LogP contribution < -0.4 is 10.1 Å². The van der Waals surface area contributed by atoms with E-state index >= 15 is 0 Å². The molecule has 11 heteroatoms. The van der Waals surface area contributed by atoms with E-state index in [9.17, 15) is 23.7 Å². The van der Waals surface area contributed by atoms with E-state index in [1.165, 1.54) is 36.4 Å². The van der Waals surface area contributed by atoms with E-state index in [4.69, 9.17) is 16.3 Å². The first kappa shape index (κ1) is 22.8. The van der Waals surface area contributed by atoms with Gasteiger partial charge in [0.15, 0.2) is 0 Å². The number of benzene rings is 2. The molecule has 0 aromatic heterocycles. The number of nitrogens with zero attached hydrogens (tertiary/aromatic N) is 1. The number of ether oxygens (including phenoxy) is 2. The predicted molar refractivity (Wildman–Crippen MR) is 106 cm³/mol. The number of esters is 1. The lowest BCUT2D eigenvalue weighted by atomic mass is 10.0. The third kappa shape index (κ3) is 6.53. The molecule has 2 rings (SSSR count). The van der Waals surface area contributed by atoms with Crippen LogP contribution in [0.2, 0.25) is 5.02 Å². The van der Waals surface area contributed by atoms with Gasteiger partial charge < -0.3 is 14.8 Å². The molecule has 0 amide bonds. The first-order chi connectivity index (χ1) is 13.7. The van der Waals surface area contributed by atoms with Crippen molar-refractivity contribution in [2.75, 3.05) is 11.9 Å². The van der Waals surface area contributed by atoms with Crippen LogP contribution in [0, 0.1) is 10.1 Å². The van der Waals surface area contributed by atoms with E-state index in [1.807, 2.05) is 0 Å².